The maximum Gasteiger partial charge on any atom is 0.417 e. The summed E-state index contributed by atoms with van der Waals surface area (Å²) < 4.78 is 10.7. The number of benzene rings is 2. The van der Waals surface area contributed by atoms with Crippen molar-refractivity contribution in [2.45, 2.75) is 0 Å². The van der Waals surface area contributed by atoms with E-state index in [1.54, 1.807) is 30.3 Å². The molecule has 3 rings (SSSR count). The summed E-state index contributed by atoms with van der Waals surface area (Å²) in [7, 11) is 0. The third-order valence-corrected chi connectivity index (χ3v) is 3.75. The van der Waals surface area contributed by atoms with E-state index in [2.05, 4.69) is 10.2 Å². The van der Waals surface area contributed by atoms with Crippen LogP contribution in [0.3, 0.4) is 0 Å². The molecule has 6 heteroatoms. The number of hydrogen-bond acceptors (Lipinski definition) is 4. The van der Waals surface area contributed by atoms with Crippen LogP contribution in [0.5, 0.6) is 5.75 Å². The Labute approximate surface area is 139 Å². The molecule has 1 fully saturated rings. The van der Waals surface area contributed by atoms with Crippen LogP contribution >= 0.6 is 11.6 Å². The first kappa shape index (κ1) is 15.6. The Morgan fingerprint density at radius 2 is 1.87 bits per heavy atom. The molecule has 2 aromatic carbocycles. The van der Waals surface area contributed by atoms with Crippen molar-refractivity contribution in [3.8, 4) is 5.75 Å². The van der Waals surface area contributed by atoms with Gasteiger partial charge in [-0.15, -0.1) is 0 Å². The number of amides is 1. The van der Waals surface area contributed by atoms with Gasteiger partial charge >= 0.3 is 6.09 Å². The molecule has 23 heavy (non-hydrogen) atoms. The minimum atomic E-state index is -0.536. The van der Waals surface area contributed by atoms with Gasteiger partial charge in [-0.3, -0.25) is 5.32 Å². The average Bonchev–Trinajstić information content (AvgIpc) is 2.58. The number of nitrogens with zero attached hydrogens (tertiary/aromatic N) is 1. The maximum absolute atomic E-state index is 12.0. The Morgan fingerprint density at radius 3 is 2.61 bits per heavy atom. The molecule has 1 N–H and O–H groups in total. The van der Waals surface area contributed by atoms with Crippen LogP contribution in [-0.4, -0.2) is 32.4 Å². The van der Waals surface area contributed by atoms with Crippen LogP contribution in [0, 0.1) is 0 Å². The number of halogens is 1. The Bertz CT molecular complexity index is 670. The van der Waals surface area contributed by atoms with Crippen LogP contribution in [0.4, 0.5) is 16.2 Å². The van der Waals surface area contributed by atoms with Gasteiger partial charge < -0.3 is 14.4 Å². The molecule has 0 radical (unpaired) electrons. The first-order valence-corrected chi connectivity index (χ1v) is 7.76. The molecule has 1 saturated heterocycles. The lowest BCUT2D eigenvalue weighted by Crippen LogP contribution is -2.36. The van der Waals surface area contributed by atoms with Crippen molar-refractivity contribution in [2.24, 2.45) is 0 Å². The highest BCUT2D eigenvalue weighted by molar-refractivity contribution is 6.30. The first-order valence-electron chi connectivity index (χ1n) is 7.38. The van der Waals surface area contributed by atoms with E-state index >= 15 is 0 Å². The number of ether oxygens (including phenoxy) is 2. The van der Waals surface area contributed by atoms with Gasteiger partial charge in [-0.25, -0.2) is 4.79 Å². The van der Waals surface area contributed by atoms with Gasteiger partial charge in [0.1, 0.15) is 5.75 Å². The van der Waals surface area contributed by atoms with E-state index in [9.17, 15) is 4.79 Å². The summed E-state index contributed by atoms with van der Waals surface area (Å²) in [5, 5.41) is 3.28. The average molecular weight is 333 g/mol. The molecular formula is C17H17ClN2O3. The smallest absolute Gasteiger partial charge is 0.410 e. The van der Waals surface area contributed by atoms with Gasteiger partial charge in [0.05, 0.1) is 13.2 Å². The van der Waals surface area contributed by atoms with Crippen LogP contribution in [0.1, 0.15) is 0 Å². The second-order valence-corrected chi connectivity index (χ2v) is 5.55. The molecule has 0 atom stereocenters. The molecule has 2 aromatic rings. The first-order chi connectivity index (χ1) is 11.2. The quantitative estimate of drug-likeness (QED) is 0.929. The highest BCUT2D eigenvalue weighted by Crippen LogP contribution is 2.22. The predicted octanol–water partition coefficient (Wildman–Crippen LogP) is 3.79. The van der Waals surface area contributed by atoms with E-state index in [1.807, 2.05) is 18.2 Å². The number of anilines is 2. The van der Waals surface area contributed by atoms with Crippen LogP contribution in [-0.2, 0) is 4.74 Å². The summed E-state index contributed by atoms with van der Waals surface area (Å²) in [6, 6.07) is 14.3. The zero-order valence-electron chi connectivity index (χ0n) is 12.5. The standard InChI is InChI=1S/C17H17ClN2O3/c18-13-4-6-14(7-5-13)19-17(21)23-16-3-1-2-15(12-16)20-8-10-22-11-9-20/h1-7,12H,8-11H2,(H,19,21). The minimum Gasteiger partial charge on any atom is -0.410 e. The normalized spacial score (nSPS) is 14.4. The van der Waals surface area contributed by atoms with Gasteiger partial charge in [0.15, 0.2) is 0 Å². The van der Waals surface area contributed by atoms with Gasteiger partial charge in [-0.05, 0) is 36.4 Å². The number of nitrogens with one attached hydrogen (secondary N) is 1. The third-order valence-electron chi connectivity index (χ3n) is 3.50. The minimum absolute atomic E-state index is 0.500. The zero-order valence-corrected chi connectivity index (χ0v) is 13.3. The topological polar surface area (TPSA) is 50.8 Å². The van der Waals surface area contributed by atoms with Crippen LogP contribution < -0.4 is 15.0 Å². The molecule has 0 unspecified atom stereocenters. The molecule has 120 valence electrons. The predicted molar refractivity (Wildman–Crippen MR) is 90.6 cm³/mol. The molecular weight excluding hydrogens is 316 g/mol. The SMILES string of the molecule is O=C(Nc1ccc(Cl)cc1)Oc1cccc(N2CCOCC2)c1. The fourth-order valence-electron chi connectivity index (χ4n) is 2.35. The molecule has 1 heterocycles. The number of morpholine rings is 1. The van der Waals surface area contributed by atoms with Gasteiger partial charge in [-0.1, -0.05) is 17.7 Å². The van der Waals surface area contributed by atoms with Crippen molar-refractivity contribution in [1.29, 1.82) is 0 Å². The van der Waals surface area contributed by atoms with Gasteiger partial charge in [0.25, 0.3) is 0 Å². The van der Waals surface area contributed by atoms with E-state index in [1.165, 1.54) is 0 Å². The molecule has 5 nitrogen and oxygen atoms in total. The number of carbonyl (C=O) groups excluding carboxylic acids is 1. The Kier molecular flexibility index (Phi) is 5.00. The summed E-state index contributed by atoms with van der Waals surface area (Å²) in [6.07, 6.45) is -0.536. The number of rotatable bonds is 3. The maximum atomic E-state index is 12.0. The fraction of sp³-hybridized carbons (Fsp3) is 0.235. The molecule has 0 aliphatic carbocycles. The van der Waals surface area contributed by atoms with Crippen molar-refractivity contribution >= 4 is 29.1 Å². The van der Waals surface area contributed by atoms with Gasteiger partial charge in [-0.2, -0.15) is 0 Å². The summed E-state index contributed by atoms with van der Waals surface area (Å²) in [4.78, 5) is 14.2. The second-order valence-electron chi connectivity index (χ2n) is 5.12. The van der Waals surface area contributed by atoms with Crippen LogP contribution in [0.2, 0.25) is 5.02 Å². The number of hydrogen-bond donors (Lipinski definition) is 1. The van der Waals surface area contributed by atoms with Crippen LogP contribution in [0.15, 0.2) is 48.5 Å². The Balaban J connectivity index is 1.62. The largest absolute Gasteiger partial charge is 0.417 e. The van der Waals surface area contributed by atoms with E-state index in [4.69, 9.17) is 21.1 Å². The monoisotopic (exact) mass is 332 g/mol. The number of carbonyl (C=O) groups is 1. The van der Waals surface area contributed by atoms with Crippen molar-refractivity contribution in [3.05, 3.63) is 53.6 Å². The van der Waals surface area contributed by atoms with E-state index < -0.39 is 6.09 Å². The zero-order chi connectivity index (χ0) is 16.1. The molecule has 1 amide bonds. The van der Waals surface area contributed by atoms with E-state index in [-0.39, 0.29) is 0 Å². The molecule has 0 spiro atoms. The highest BCUT2D eigenvalue weighted by atomic mass is 35.5. The second kappa shape index (κ2) is 7.35. The summed E-state index contributed by atoms with van der Waals surface area (Å²) in [5.74, 6) is 0.500. The third kappa shape index (κ3) is 4.37. The fourth-order valence-corrected chi connectivity index (χ4v) is 2.47. The lowest BCUT2D eigenvalue weighted by molar-refractivity contribution is 0.122. The van der Waals surface area contributed by atoms with E-state index in [0.717, 1.165) is 18.8 Å². The molecule has 1 aliphatic heterocycles. The van der Waals surface area contributed by atoms with Crippen molar-refractivity contribution < 1.29 is 14.3 Å². The summed E-state index contributed by atoms with van der Waals surface area (Å²) >= 11 is 5.81. The van der Waals surface area contributed by atoms with Crippen molar-refractivity contribution in [3.63, 3.8) is 0 Å². The van der Waals surface area contributed by atoms with Gasteiger partial charge in [0.2, 0.25) is 0 Å². The van der Waals surface area contributed by atoms with Crippen molar-refractivity contribution in [1.82, 2.24) is 0 Å². The van der Waals surface area contributed by atoms with Crippen molar-refractivity contribution in [2.75, 3.05) is 36.5 Å². The highest BCUT2D eigenvalue weighted by Gasteiger charge is 2.12. The Hall–Kier alpha value is -2.24. The lowest BCUT2D eigenvalue weighted by atomic mass is 10.2. The molecule has 0 saturated carbocycles. The molecule has 1 aliphatic rings. The summed E-state index contributed by atoms with van der Waals surface area (Å²) in [6.45, 7) is 3.09. The summed E-state index contributed by atoms with van der Waals surface area (Å²) in [5.41, 5.74) is 1.65. The molecule has 0 bridgehead atoms. The lowest BCUT2D eigenvalue weighted by Gasteiger charge is -2.29. The van der Waals surface area contributed by atoms with Gasteiger partial charge in [0, 0.05) is 35.6 Å². The Morgan fingerprint density at radius 1 is 1.13 bits per heavy atom. The van der Waals surface area contributed by atoms with Crippen LogP contribution in [0.25, 0.3) is 0 Å². The molecule has 0 aromatic heterocycles. The van der Waals surface area contributed by atoms with E-state index in [0.29, 0.717) is 29.7 Å².